The third kappa shape index (κ3) is 11.7. The average molecular weight is 684 g/mol. The lowest BCUT2D eigenvalue weighted by molar-refractivity contribution is -0.308. The second kappa shape index (κ2) is 18.3. The summed E-state index contributed by atoms with van der Waals surface area (Å²) in [4.78, 5) is 24.4. The van der Waals surface area contributed by atoms with Crippen molar-refractivity contribution in [1.82, 2.24) is 0 Å². The summed E-state index contributed by atoms with van der Waals surface area (Å²) in [7, 11) is 0. The maximum atomic E-state index is 12.3. The van der Waals surface area contributed by atoms with E-state index in [0.29, 0.717) is 6.42 Å². The molecule has 0 aromatic carbocycles. The number of allylic oxidation sites excluding steroid dienone is 6. The monoisotopic (exact) mass is 683 g/mol. The number of rotatable bonds is 3. The zero-order valence-electron chi connectivity index (χ0n) is 26.9. The fourth-order valence-electron chi connectivity index (χ4n) is 5.77. The lowest BCUT2D eigenvalue weighted by atomic mass is 9.82. The molecule has 48 heavy (non-hydrogen) atoms. The Labute approximate surface area is 278 Å². The van der Waals surface area contributed by atoms with Crippen molar-refractivity contribution in [2.45, 2.75) is 125 Å². The van der Waals surface area contributed by atoms with Gasteiger partial charge in [0.1, 0.15) is 18.1 Å². The first-order valence-corrected chi connectivity index (χ1v) is 15.9. The molecule has 0 aromatic rings. The molecule has 0 radical (unpaired) electrons. The van der Waals surface area contributed by atoms with Crippen LogP contribution in [0.3, 0.4) is 0 Å². The number of hydrogen-bond acceptors (Lipinski definition) is 14. The van der Waals surface area contributed by atoms with Crippen LogP contribution in [-0.2, 0) is 28.5 Å². The highest BCUT2D eigenvalue weighted by Crippen LogP contribution is 2.38. The van der Waals surface area contributed by atoms with E-state index in [4.69, 9.17) is 24.7 Å². The molecule has 2 bridgehead atoms. The van der Waals surface area contributed by atoms with E-state index in [1.165, 1.54) is 6.08 Å². The van der Waals surface area contributed by atoms with Gasteiger partial charge in [0.05, 0.1) is 54.9 Å². The minimum Gasteiger partial charge on any atom is -0.481 e. The summed E-state index contributed by atoms with van der Waals surface area (Å²) in [6, 6.07) is -1.11. The third-order valence-corrected chi connectivity index (χ3v) is 8.36. The van der Waals surface area contributed by atoms with Gasteiger partial charge in [0.25, 0.3) is 0 Å². The number of hydrogen-bond donors (Lipinski definition) is 9. The molecule has 0 spiro atoms. The molecule has 15 heteroatoms. The van der Waals surface area contributed by atoms with Crippen molar-refractivity contribution in [3.8, 4) is 0 Å². The molecule has 2 fully saturated rings. The van der Waals surface area contributed by atoms with Crippen molar-refractivity contribution < 1.29 is 69.4 Å². The second-order valence-corrected chi connectivity index (χ2v) is 12.5. The van der Waals surface area contributed by atoms with Crippen LogP contribution < -0.4 is 5.73 Å². The summed E-state index contributed by atoms with van der Waals surface area (Å²) >= 11 is 0. The molecular formula is C33H49NO14. The number of carbonyl (C=O) groups is 2. The molecule has 0 unspecified atom stereocenters. The topological polar surface area (TPSA) is 259 Å². The molecule has 10 N–H and O–H groups in total. The number of esters is 1. The number of fused-ring (bicyclic) bond motifs is 2. The Morgan fingerprint density at radius 3 is 2.27 bits per heavy atom. The molecule has 3 heterocycles. The summed E-state index contributed by atoms with van der Waals surface area (Å²) < 4.78 is 22.7. The number of ether oxygens (including phenoxy) is 4. The maximum absolute atomic E-state index is 12.3. The average Bonchev–Trinajstić information content (AvgIpc) is 2.99. The van der Waals surface area contributed by atoms with E-state index in [1.807, 2.05) is 0 Å². The first-order chi connectivity index (χ1) is 22.6. The van der Waals surface area contributed by atoms with Gasteiger partial charge in [-0.3, -0.25) is 4.79 Å². The fraction of sp³-hybridized carbons (Fsp3) is 0.636. The van der Waals surface area contributed by atoms with Crippen LogP contribution in [0.15, 0.2) is 60.8 Å². The van der Waals surface area contributed by atoms with Crippen LogP contribution in [0.5, 0.6) is 0 Å². The number of cyclic esters (lactones) is 1. The largest absolute Gasteiger partial charge is 0.481 e. The van der Waals surface area contributed by atoms with E-state index in [1.54, 1.807) is 56.4 Å². The molecule has 3 aliphatic heterocycles. The molecule has 3 rings (SSSR count). The highest BCUT2D eigenvalue weighted by atomic mass is 16.7. The first-order valence-electron chi connectivity index (χ1n) is 15.9. The van der Waals surface area contributed by atoms with Crippen LogP contribution >= 0.6 is 0 Å². The summed E-state index contributed by atoms with van der Waals surface area (Å²) in [5, 5.41) is 84.4. The van der Waals surface area contributed by atoms with Crippen LogP contribution in [0.25, 0.3) is 0 Å². The number of aliphatic carboxylic acids is 1. The zero-order valence-corrected chi connectivity index (χ0v) is 26.9. The van der Waals surface area contributed by atoms with Crippen molar-refractivity contribution >= 4 is 11.9 Å². The van der Waals surface area contributed by atoms with Gasteiger partial charge in [-0.05, 0) is 19.9 Å². The fourth-order valence-corrected chi connectivity index (χ4v) is 5.77. The lowest BCUT2D eigenvalue weighted by Crippen LogP contribution is -2.61. The van der Waals surface area contributed by atoms with Gasteiger partial charge in [-0.2, -0.15) is 0 Å². The second-order valence-electron chi connectivity index (χ2n) is 12.5. The smallest absolute Gasteiger partial charge is 0.330 e. The van der Waals surface area contributed by atoms with Gasteiger partial charge in [0.2, 0.25) is 0 Å². The Hall–Kier alpha value is -2.80. The number of aliphatic hydroxyl groups is 7. The van der Waals surface area contributed by atoms with Gasteiger partial charge < -0.3 is 65.5 Å². The molecule has 2 saturated heterocycles. The molecule has 0 amide bonds. The SMILES string of the molecule is C[C@@H]1C/C=C/C=C/C=C/C=C/[C@H](O[C@@H]2O[C@H](C)[C@@H](O)[C@H](N)[C@@H]2O)C[C@@H]2O[C@](O)(C[C@@H](O)C[C@@H](O)[C@H](O)/C=C/C(=O)O1)C[C@H](O)[C@H]2C(=O)O. The summed E-state index contributed by atoms with van der Waals surface area (Å²) in [5.74, 6) is -5.97. The van der Waals surface area contributed by atoms with Crippen molar-refractivity contribution in [3.63, 3.8) is 0 Å². The third-order valence-electron chi connectivity index (χ3n) is 8.36. The van der Waals surface area contributed by atoms with E-state index in [0.717, 1.165) is 12.2 Å². The molecule has 3 aliphatic rings. The number of aliphatic hydroxyl groups excluding tert-OH is 6. The van der Waals surface area contributed by atoms with Gasteiger partial charge in [-0.15, -0.1) is 0 Å². The summed E-state index contributed by atoms with van der Waals surface area (Å²) in [6.45, 7) is 3.22. The normalized spacial score (nSPS) is 45.9. The minimum atomic E-state index is -2.27. The van der Waals surface area contributed by atoms with Crippen LogP contribution in [-0.4, -0.2) is 132 Å². The number of nitrogens with two attached hydrogens (primary N) is 1. The van der Waals surface area contributed by atoms with Crippen LogP contribution in [0, 0.1) is 5.92 Å². The van der Waals surface area contributed by atoms with E-state index in [9.17, 15) is 50.4 Å². The Morgan fingerprint density at radius 2 is 1.58 bits per heavy atom. The lowest BCUT2D eigenvalue weighted by Gasteiger charge is -2.45. The molecule has 0 aliphatic carbocycles. The first kappa shape index (κ1) is 39.6. The van der Waals surface area contributed by atoms with Gasteiger partial charge >= 0.3 is 11.9 Å². The maximum Gasteiger partial charge on any atom is 0.330 e. The Morgan fingerprint density at radius 1 is 0.917 bits per heavy atom. The zero-order chi connectivity index (χ0) is 35.6. The Balaban J connectivity index is 1.92. The molecule has 0 saturated carbocycles. The highest BCUT2D eigenvalue weighted by Gasteiger charge is 2.51. The molecular weight excluding hydrogens is 634 g/mol. The van der Waals surface area contributed by atoms with Crippen molar-refractivity contribution in [2.75, 3.05) is 0 Å². The van der Waals surface area contributed by atoms with E-state index < -0.39 is 116 Å². The van der Waals surface area contributed by atoms with Gasteiger partial charge in [0.15, 0.2) is 12.1 Å². The number of carbonyl (C=O) groups excluding carboxylic acids is 1. The predicted octanol–water partition coefficient (Wildman–Crippen LogP) is -0.926. The quantitative estimate of drug-likeness (QED) is 0.163. The Bertz CT molecular complexity index is 1200. The Kier molecular flexibility index (Phi) is 15.1. The van der Waals surface area contributed by atoms with E-state index in [-0.39, 0.29) is 6.42 Å². The highest BCUT2D eigenvalue weighted by molar-refractivity contribution is 5.82. The van der Waals surface area contributed by atoms with Crippen molar-refractivity contribution in [2.24, 2.45) is 11.7 Å². The number of carboxylic acid groups (broad SMARTS) is 1. The standard InChI is InChI=1S/C33H49NO14/c1-18-10-8-6-4-3-5-7-9-11-21(47-32-30(41)28(34)29(40)19(2)46-32)15-25-27(31(42)43)24(38)17-33(44,48-25)16-20(35)14-23(37)22(36)12-13-26(39)45-18/h3-9,11-13,18-25,27-30,32,35-38,40-41,44H,10,14-17,34H2,1-2H3,(H,42,43)/b4-3+,7-5+,8-6+,11-9+,13-12+/t18-,19-,20+,21+,22-,23-,24+,25+,27-,28+,29-,30+,32+,33-/m1/s1. The van der Waals surface area contributed by atoms with Crippen LogP contribution in [0.4, 0.5) is 0 Å². The molecule has 0 aromatic heterocycles. The molecule has 15 nitrogen and oxygen atoms in total. The summed E-state index contributed by atoms with van der Waals surface area (Å²) in [5.41, 5.74) is 5.96. The van der Waals surface area contributed by atoms with Crippen LogP contribution in [0.2, 0.25) is 0 Å². The van der Waals surface area contributed by atoms with Crippen LogP contribution in [0.1, 0.15) is 46.0 Å². The van der Waals surface area contributed by atoms with E-state index >= 15 is 0 Å². The predicted molar refractivity (Wildman–Crippen MR) is 169 cm³/mol. The van der Waals surface area contributed by atoms with Gasteiger partial charge in [-0.1, -0.05) is 48.6 Å². The minimum absolute atomic E-state index is 0.283. The number of carboxylic acids is 1. The molecule has 270 valence electrons. The van der Waals surface area contributed by atoms with Crippen molar-refractivity contribution in [3.05, 3.63) is 60.8 Å². The van der Waals surface area contributed by atoms with Gasteiger partial charge in [0, 0.05) is 38.2 Å². The van der Waals surface area contributed by atoms with E-state index in [2.05, 4.69) is 0 Å². The summed E-state index contributed by atoms with van der Waals surface area (Å²) in [6.07, 6.45) is -0.201. The van der Waals surface area contributed by atoms with Gasteiger partial charge in [-0.25, -0.2) is 4.79 Å². The van der Waals surface area contributed by atoms with Crippen molar-refractivity contribution in [1.29, 1.82) is 0 Å². The molecule has 14 atom stereocenters.